The number of carbonyl (C=O) groups excluding carboxylic acids is 1. The van der Waals surface area contributed by atoms with Gasteiger partial charge in [0.05, 0.1) is 5.54 Å². The second kappa shape index (κ2) is 5.18. The Labute approximate surface area is 108 Å². The number of Topliss-reactive ketones (excluding diaryl/α,β-unsaturated/α-hetero) is 1. The van der Waals surface area contributed by atoms with Crippen molar-refractivity contribution in [1.82, 2.24) is 19.7 Å². The molecule has 0 radical (unpaired) electrons. The lowest BCUT2D eigenvalue weighted by atomic mass is 9.88. The largest absolute Gasteiger partial charge is 0.291 e. The molecular weight excluding hydrogens is 228 g/mol. The van der Waals surface area contributed by atoms with Crippen LogP contribution in [0.5, 0.6) is 0 Å². The molecule has 1 aliphatic heterocycles. The second-order valence-corrected chi connectivity index (χ2v) is 5.21. The summed E-state index contributed by atoms with van der Waals surface area (Å²) in [5.41, 5.74) is -0.443. The summed E-state index contributed by atoms with van der Waals surface area (Å²) in [5, 5.41) is 4.00. The second-order valence-electron chi connectivity index (χ2n) is 5.21. The molecule has 5 heteroatoms. The quantitative estimate of drug-likeness (QED) is 0.762. The Balaban J connectivity index is 2.26. The maximum atomic E-state index is 12.7. The van der Waals surface area contributed by atoms with E-state index < -0.39 is 5.54 Å². The van der Waals surface area contributed by atoms with Gasteiger partial charge in [0, 0.05) is 7.05 Å². The normalized spacial score (nSPS) is 20.6. The number of aromatic nitrogens is 3. The Morgan fingerprint density at radius 2 is 2.06 bits per heavy atom. The number of hydrogen-bond acceptors (Lipinski definition) is 4. The molecule has 0 N–H and O–H groups in total. The molecule has 5 nitrogen and oxygen atoms in total. The van der Waals surface area contributed by atoms with Crippen molar-refractivity contribution in [2.24, 2.45) is 7.05 Å². The first-order valence-corrected chi connectivity index (χ1v) is 6.73. The first kappa shape index (κ1) is 13.2. The topological polar surface area (TPSA) is 51.0 Å². The van der Waals surface area contributed by atoms with Crippen molar-refractivity contribution in [3.8, 4) is 0 Å². The zero-order valence-corrected chi connectivity index (χ0v) is 11.5. The van der Waals surface area contributed by atoms with Crippen LogP contribution in [0.3, 0.4) is 0 Å². The molecule has 18 heavy (non-hydrogen) atoms. The third-order valence-corrected chi connectivity index (χ3v) is 4.15. The van der Waals surface area contributed by atoms with Crippen LogP contribution in [-0.2, 0) is 7.05 Å². The Morgan fingerprint density at radius 3 is 2.56 bits per heavy atom. The summed E-state index contributed by atoms with van der Waals surface area (Å²) in [6.45, 7) is 6.13. The smallest absolute Gasteiger partial charge is 0.219 e. The van der Waals surface area contributed by atoms with Crippen LogP contribution in [0.25, 0.3) is 0 Å². The van der Waals surface area contributed by atoms with Gasteiger partial charge in [-0.2, -0.15) is 5.10 Å². The third-order valence-electron chi connectivity index (χ3n) is 4.15. The van der Waals surface area contributed by atoms with E-state index in [1.807, 2.05) is 6.92 Å². The molecule has 1 aromatic heterocycles. The van der Waals surface area contributed by atoms with Crippen LogP contribution < -0.4 is 0 Å². The highest BCUT2D eigenvalue weighted by Crippen LogP contribution is 2.27. The fraction of sp³-hybridized carbons (Fsp3) is 0.769. The number of ketones is 1. The molecule has 0 spiro atoms. The minimum atomic E-state index is -0.443. The van der Waals surface area contributed by atoms with Gasteiger partial charge in [-0.1, -0.05) is 13.3 Å². The van der Waals surface area contributed by atoms with E-state index in [2.05, 4.69) is 21.9 Å². The minimum absolute atomic E-state index is 0.0897. The number of nitrogens with zero attached hydrogens (tertiary/aromatic N) is 4. The number of rotatable bonds is 4. The first-order chi connectivity index (χ1) is 8.59. The predicted octanol–water partition coefficient (Wildman–Crippen LogP) is 1.65. The van der Waals surface area contributed by atoms with Crippen molar-refractivity contribution in [1.29, 1.82) is 0 Å². The van der Waals surface area contributed by atoms with Gasteiger partial charge in [-0.15, -0.1) is 0 Å². The molecular formula is C13H22N4O. The summed E-state index contributed by atoms with van der Waals surface area (Å²) in [6.07, 6.45) is 5.88. The monoisotopic (exact) mass is 250 g/mol. The van der Waals surface area contributed by atoms with Crippen LogP contribution in [-0.4, -0.2) is 44.1 Å². The molecule has 1 saturated heterocycles. The Kier molecular flexibility index (Phi) is 3.80. The molecule has 1 fully saturated rings. The van der Waals surface area contributed by atoms with Gasteiger partial charge in [0.1, 0.15) is 6.33 Å². The molecule has 0 aromatic carbocycles. The number of likely N-dealkylation sites (tertiary alicyclic amines) is 1. The molecule has 0 bridgehead atoms. The lowest BCUT2D eigenvalue weighted by Crippen LogP contribution is -2.54. The van der Waals surface area contributed by atoms with Crippen LogP contribution >= 0.6 is 0 Å². The van der Waals surface area contributed by atoms with E-state index in [1.54, 1.807) is 11.7 Å². The SMILES string of the molecule is CCC(C)(C(=O)c1ncnn1C)N1CCCCC1. The van der Waals surface area contributed by atoms with Gasteiger partial charge in [-0.05, 0) is 39.3 Å². The van der Waals surface area contributed by atoms with Crippen molar-refractivity contribution in [2.75, 3.05) is 13.1 Å². The zero-order chi connectivity index (χ0) is 13.2. The van der Waals surface area contributed by atoms with Crippen molar-refractivity contribution < 1.29 is 4.79 Å². The fourth-order valence-corrected chi connectivity index (χ4v) is 2.66. The summed E-state index contributed by atoms with van der Waals surface area (Å²) in [6, 6.07) is 0. The maximum absolute atomic E-state index is 12.7. The number of aryl methyl sites for hydroxylation is 1. The number of piperidine rings is 1. The Hall–Kier alpha value is -1.23. The fourth-order valence-electron chi connectivity index (χ4n) is 2.66. The Bertz CT molecular complexity index is 422. The molecule has 0 saturated carbocycles. The summed E-state index contributed by atoms with van der Waals surface area (Å²) >= 11 is 0. The van der Waals surface area contributed by atoms with E-state index in [4.69, 9.17) is 0 Å². The Morgan fingerprint density at radius 1 is 1.39 bits per heavy atom. The molecule has 1 atom stereocenters. The van der Waals surface area contributed by atoms with Gasteiger partial charge in [-0.3, -0.25) is 9.69 Å². The molecule has 100 valence electrons. The lowest BCUT2D eigenvalue weighted by Gasteiger charge is -2.41. The van der Waals surface area contributed by atoms with E-state index in [-0.39, 0.29) is 5.78 Å². The van der Waals surface area contributed by atoms with E-state index in [0.29, 0.717) is 5.82 Å². The van der Waals surface area contributed by atoms with Crippen molar-refractivity contribution in [3.05, 3.63) is 12.2 Å². The van der Waals surface area contributed by atoms with Crippen LogP contribution in [0.2, 0.25) is 0 Å². The number of carbonyl (C=O) groups is 1. The summed E-state index contributed by atoms with van der Waals surface area (Å²) < 4.78 is 1.57. The first-order valence-electron chi connectivity index (χ1n) is 6.73. The lowest BCUT2D eigenvalue weighted by molar-refractivity contribution is 0.0490. The molecule has 0 aliphatic carbocycles. The van der Waals surface area contributed by atoms with Crippen LogP contribution in [0.4, 0.5) is 0 Å². The van der Waals surface area contributed by atoms with E-state index in [1.165, 1.54) is 25.6 Å². The standard InChI is InChI=1S/C13H22N4O/c1-4-13(2,17-8-6-5-7-9-17)11(18)12-14-10-15-16(12)3/h10H,4-9H2,1-3H3. The zero-order valence-electron chi connectivity index (χ0n) is 11.5. The van der Waals surface area contributed by atoms with Crippen LogP contribution in [0.1, 0.15) is 50.1 Å². The van der Waals surface area contributed by atoms with Crippen molar-refractivity contribution in [2.45, 2.75) is 45.1 Å². The van der Waals surface area contributed by atoms with Crippen LogP contribution in [0.15, 0.2) is 6.33 Å². The molecule has 1 aromatic rings. The molecule has 0 amide bonds. The summed E-state index contributed by atoms with van der Waals surface area (Å²) in [7, 11) is 1.77. The van der Waals surface area contributed by atoms with Gasteiger partial charge in [-0.25, -0.2) is 9.67 Å². The summed E-state index contributed by atoms with van der Waals surface area (Å²) in [5.74, 6) is 0.553. The van der Waals surface area contributed by atoms with E-state index in [9.17, 15) is 4.79 Å². The summed E-state index contributed by atoms with van der Waals surface area (Å²) in [4.78, 5) is 19.1. The van der Waals surface area contributed by atoms with Crippen molar-refractivity contribution in [3.63, 3.8) is 0 Å². The average Bonchev–Trinajstić information content (AvgIpc) is 2.84. The van der Waals surface area contributed by atoms with E-state index in [0.717, 1.165) is 19.5 Å². The number of hydrogen-bond donors (Lipinski definition) is 0. The molecule has 1 unspecified atom stereocenters. The van der Waals surface area contributed by atoms with E-state index >= 15 is 0 Å². The van der Waals surface area contributed by atoms with Crippen molar-refractivity contribution >= 4 is 5.78 Å². The maximum Gasteiger partial charge on any atom is 0.219 e. The highest BCUT2D eigenvalue weighted by Gasteiger charge is 2.40. The van der Waals surface area contributed by atoms with Crippen LogP contribution in [0, 0.1) is 0 Å². The predicted molar refractivity (Wildman–Crippen MR) is 69.5 cm³/mol. The third kappa shape index (κ3) is 2.19. The highest BCUT2D eigenvalue weighted by atomic mass is 16.1. The minimum Gasteiger partial charge on any atom is -0.291 e. The highest BCUT2D eigenvalue weighted by molar-refractivity contribution is 6.00. The molecule has 2 rings (SSSR count). The van der Waals surface area contributed by atoms with Gasteiger partial charge in [0.25, 0.3) is 0 Å². The molecule has 2 heterocycles. The molecule has 1 aliphatic rings. The van der Waals surface area contributed by atoms with Gasteiger partial charge in [0.15, 0.2) is 5.82 Å². The van der Waals surface area contributed by atoms with Gasteiger partial charge >= 0.3 is 0 Å². The average molecular weight is 250 g/mol. The van der Waals surface area contributed by atoms with Gasteiger partial charge < -0.3 is 0 Å². The van der Waals surface area contributed by atoms with Gasteiger partial charge in [0.2, 0.25) is 5.78 Å².